The molecule has 3 aliphatic rings. The van der Waals surface area contributed by atoms with Crippen molar-refractivity contribution < 1.29 is 4.74 Å². The van der Waals surface area contributed by atoms with Gasteiger partial charge in [0, 0.05) is 35.3 Å². The van der Waals surface area contributed by atoms with Crippen LogP contribution in [0.25, 0.3) is 0 Å². The van der Waals surface area contributed by atoms with Gasteiger partial charge in [-0.25, -0.2) is 14.6 Å². The molecule has 0 bridgehead atoms. The van der Waals surface area contributed by atoms with Crippen molar-refractivity contribution >= 4 is 5.82 Å². The Balaban J connectivity index is 1.27. The minimum absolute atomic E-state index is 0.00512. The zero-order chi connectivity index (χ0) is 18.9. The van der Waals surface area contributed by atoms with E-state index < -0.39 is 0 Å². The van der Waals surface area contributed by atoms with Gasteiger partial charge in [0.2, 0.25) is 0 Å². The lowest BCUT2D eigenvalue weighted by Gasteiger charge is -2.31. The van der Waals surface area contributed by atoms with Gasteiger partial charge in [0.1, 0.15) is 12.1 Å². The summed E-state index contributed by atoms with van der Waals surface area (Å²) in [5, 5.41) is 8.36. The van der Waals surface area contributed by atoms with Gasteiger partial charge in [0.25, 0.3) is 5.56 Å². The first-order valence-electron chi connectivity index (χ1n) is 10.6. The molecule has 5 rings (SSSR count). The molecule has 1 aliphatic heterocycles. The number of nitrogens with one attached hydrogen (secondary N) is 1. The van der Waals surface area contributed by atoms with E-state index in [1.165, 1.54) is 24.1 Å². The number of aryl methyl sites for hydroxylation is 1. The van der Waals surface area contributed by atoms with Crippen LogP contribution in [-0.2, 0) is 30.6 Å². The first-order valence-corrected chi connectivity index (χ1v) is 10.6. The first kappa shape index (κ1) is 17.8. The quantitative estimate of drug-likeness (QED) is 0.880. The van der Waals surface area contributed by atoms with Crippen molar-refractivity contribution in [3.8, 4) is 0 Å². The second-order valence-electron chi connectivity index (χ2n) is 8.21. The first-order chi connectivity index (χ1) is 13.8. The molecule has 148 valence electrons. The molecule has 3 heterocycles. The summed E-state index contributed by atoms with van der Waals surface area (Å²) in [6.45, 7) is 1.20. The van der Waals surface area contributed by atoms with Crippen molar-refractivity contribution in [3.05, 3.63) is 45.3 Å². The number of aromatic nitrogens is 4. The number of ether oxygens (including phenoxy) is 1. The summed E-state index contributed by atoms with van der Waals surface area (Å²) in [6.07, 6.45) is 11.1. The SMILES string of the molecule is O=c1cc2c(nn1C1CCC(Nc3ncnc4c3CCCC4)CC1)CCOC2. The Morgan fingerprint density at radius 1 is 1.04 bits per heavy atom. The molecule has 1 fully saturated rings. The number of hydrogen-bond donors (Lipinski definition) is 1. The lowest BCUT2D eigenvalue weighted by atomic mass is 9.90. The molecule has 2 aromatic heterocycles. The predicted octanol–water partition coefficient (Wildman–Crippen LogP) is 2.58. The van der Waals surface area contributed by atoms with Crippen LogP contribution in [-0.4, -0.2) is 32.4 Å². The summed E-state index contributed by atoms with van der Waals surface area (Å²) < 4.78 is 7.17. The lowest BCUT2D eigenvalue weighted by Crippen LogP contribution is -2.35. The largest absolute Gasteiger partial charge is 0.376 e. The molecular formula is C21H27N5O2. The van der Waals surface area contributed by atoms with Crippen molar-refractivity contribution in [2.75, 3.05) is 11.9 Å². The second-order valence-corrected chi connectivity index (χ2v) is 8.21. The molecule has 0 amide bonds. The van der Waals surface area contributed by atoms with E-state index in [2.05, 4.69) is 20.4 Å². The molecule has 1 N–H and O–H groups in total. The van der Waals surface area contributed by atoms with Crippen LogP contribution in [0.5, 0.6) is 0 Å². The molecular weight excluding hydrogens is 354 g/mol. The van der Waals surface area contributed by atoms with E-state index in [1.54, 1.807) is 17.1 Å². The van der Waals surface area contributed by atoms with E-state index in [4.69, 9.17) is 4.74 Å². The molecule has 0 saturated heterocycles. The third-order valence-corrected chi connectivity index (χ3v) is 6.37. The Bertz CT molecular complexity index is 917. The maximum Gasteiger partial charge on any atom is 0.267 e. The van der Waals surface area contributed by atoms with Crippen LogP contribution >= 0.6 is 0 Å². The van der Waals surface area contributed by atoms with Crippen LogP contribution in [0, 0.1) is 0 Å². The van der Waals surface area contributed by atoms with Gasteiger partial charge in [0.15, 0.2) is 0 Å². The Hall–Kier alpha value is -2.28. The van der Waals surface area contributed by atoms with E-state index in [-0.39, 0.29) is 11.6 Å². The van der Waals surface area contributed by atoms with Crippen LogP contribution < -0.4 is 10.9 Å². The van der Waals surface area contributed by atoms with Crippen LogP contribution in [0.15, 0.2) is 17.2 Å². The Labute approximate surface area is 164 Å². The fraction of sp³-hybridized carbons (Fsp3) is 0.619. The normalized spacial score (nSPS) is 24.3. The Morgan fingerprint density at radius 3 is 2.79 bits per heavy atom. The molecule has 0 radical (unpaired) electrons. The standard InChI is InChI=1S/C21H27N5O2/c27-20-11-14-12-28-10-9-18(14)25-26(20)16-7-5-15(6-8-16)24-21-17-3-1-2-4-19(17)22-13-23-21/h11,13,15-16H,1-10,12H2,(H,22,23,24). The van der Waals surface area contributed by atoms with Gasteiger partial charge in [0.05, 0.1) is 24.9 Å². The van der Waals surface area contributed by atoms with E-state index in [1.807, 2.05) is 0 Å². The van der Waals surface area contributed by atoms with Crippen LogP contribution in [0.2, 0.25) is 0 Å². The number of hydrogen-bond acceptors (Lipinski definition) is 6. The maximum absolute atomic E-state index is 12.5. The molecule has 2 aromatic rings. The van der Waals surface area contributed by atoms with Crippen molar-refractivity contribution in [2.45, 2.75) is 76.5 Å². The van der Waals surface area contributed by atoms with Crippen LogP contribution in [0.4, 0.5) is 5.82 Å². The van der Waals surface area contributed by atoms with Gasteiger partial charge in [-0.3, -0.25) is 4.79 Å². The van der Waals surface area contributed by atoms with Crippen molar-refractivity contribution in [2.24, 2.45) is 0 Å². The molecule has 0 spiro atoms. The predicted molar refractivity (Wildman–Crippen MR) is 105 cm³/mol. The zero-order valence-electron chi connectivity index (χ0n) is 16.2. The molecule has 7 nitrogen and oxygen atoms in total. The molecule has 0 atom stereocenters. The van der Waals surface area contributed by atoms with E-state index in [0.29, 0.717) is 19.3 Å². The fourth-order valence-electron chi connectivity index (χ4n) is 4.79. The number of anilines is 1. The molecule has 2 aliphatic carbocycles. The van der Waals surface area contributed by atoms with Gasteiger partial charge in [-0.1, -0.05) is 0 Å². The number of fused-ring (bicyclic) bond motifs is 2. The third-order valence-electron chi connectivity index (χ3n) is 6.37. The summed E-state index contributed by atoms with van der Waals surface area (Å²) in [5.41, 5.74) is 4.51. The lowest BCUT2D eigenvalue weighted by molar-refractivity contribution is 0.107. The van der Waals surface area contributed by atoms with Gasteiger partial charge >= 0.3 is 0 Å². The smallest absolute Gasteiger partial charge is 0.267 e. The molecule has 0 unspecified atom stereocenters. The fourth-order valence-corrected chi connectivity index (χ4v) is 4.79. The van der Waals surface area contributed by atoms with Gasteiger partial charge < -0.3 is 10.1 Å². The highest BCUT2D eigenvalue weighted by atomic mass is 16.5. The Kier molecular flexibility index (Phi) is 4.84. The zero-order valence-corrected chi connectivity index (χ0v) is 16.2. The number of rotatable bonds is 3. The van der Waals surface area contributed by atoms with Gasteiger partial charge in [-0.05, 0) is 51.4 Å². The van der Waals surface area contributed by atoms with Crippen molar-refractivity contribution in [3.63, 3.8) is 0 Å². The Morgan fingerprint density at radius 2 is 1.89 bits per heavy atom. The van der Waals surface area contributed by atoms with Crippen LogP contribution in [0.3, 0.4) is 0 Å². The minimum atomic E-state index is 0.00512. The molecule has 0 aromatic carbocycles. The summed E-state index contributed by atoms with van der Waals surface area (Å²) in [4.78, 5) is 21.5. The maximum atomic E-state index is 12.5. The minimum Gasteiger partial charge on any atom is -0.376 e. The average molecular weight is 381 g/mol. The van der Waals surface area contributed by atoms with E-state index >= 15 is 0 Å². The van der Waals surface area contributed by atoms with Crippen LogP contribution in [0.1, 0.15) is 67.1 Å². The number of nitrogens with zero attached hydrogens (tertiary/aromatic N) is 4. The average Bonchev–Trinajstić information content (AvgIpc) is 2.74. The van der Waals surface area contributed by atoms with Crippen molar-refractivity contribution in [1.29, 1.82) is 0 Å². The second kappa shape index (κ2) is 7.62. The van der Waals surface area contributed by atoms with Gasteiger partial charge in [-0.2, -0.15) is 5.10 Å². The van der Waals surface area contributed by atoms with E-state index in [0.717, 1.165) is 62.0 Å². The summed E-state index contributed by atoms with van der Waals surface area (Å²) in [6, 6.07) is 2.32. The molecule has 28 heavy (non-hydrogen) atoms. The molecule has 7 heteroatoms. The highest BCUT2D eigenvalue weighted by molar-refractivity contribution is 5.47. The summed E-state index contributed by atoms with van der Waals surface area (Å²) >= 11 is 0. The summed E-state index contributed by atoms with van der Waals surface area (Å²) in [5.74, 6) is 1.03. The molecule has 1 saturated carbocycles. The third kappa shape index (κ3) is 3.43. The topological polar surface area (TPSA) is 81.9 Å². The van der Waals surface area contributed by atoms with E-state index in [9.17, 15) is 4.79 Å². The monoisotopic (exact) mass is 381 g/mol. The van der Waals surface area contributed by atoms with Crippen molar-refractivity contribution in [1.82, 2.24) is 19.7 Å². The summed E-state index contributed by atoms with van der Waals surface area (Å²) in [7, 11) is 0. The van der Waals surface area contributed by atoms with Gasteiger partial charge in [-0.15, -0.1) is 0 Å². The highest BCUT2D eigenvalue weighted by Gasteiger charge is 2.26. The highest BCUT2D eigenvalue weighted by Crippen LogP contribution is 2.31.